The Morgan fingerprint density at radius 2 is 2.00 bits per heavy atom. The van der Waals surface area contributed by atoms with Crippen molar-refractivity contribution < 1.29 is 9.53 Å². The molecule has 1 atom stereocenters. The van der Waals surface area contributed by atoms with Crippen LogP contribution >= 0.6 is 23.2 Å². The first kappa shape index (κ1) is 20.0. The summed E-state index contributed by atoms with van der Waals surface area (Å²) in [6, 6.07) is 11.4. The summed E-state index contributed by atoms with van der Waals surface area (Å²) in [5.74, 6) is 0.988. The molecule has 2 aromatic carbocycles. The number of halogens is 2. The van der Waals surface area contributed by atoms with Gasteiger partial charge in [-0.2, -0.15) is 0 Å². The summed E-state index contributed by atoms with van der Waals surface area (Å²) in [6.45, 7) is 1.43. The van der Waals surface area contributed by atoms with E-state index in [0.717, 1.165) is 29.8 Å². The lowest BCUT2D eigenvalue weighted by Gasteiger charge is -2.39. The summed E-state index contributed by atoms with van der Waals surface area (Å²) in [4.78, 5) is 17.2. The van der Waals surface area contributed by atoms with Crippen LogP contribution in [0.3, 0.4) is 0 Å². The van der Waals surface area contributed by atoms with Crippen LogP contribution in [0.25, 0.3) is 0 Å². The second-order valence-electron chi connectivity index (χ2n) is 7.07. The van der Waals surface area contributed by atoms with Crippen LogP contribution in [0.2, 0.25) is 10.0 Å². The van der Waals surface area contributed by atoms with Crippen molar-refractivity contribution in [3.05, 3.63) is 63.1 Å². The van der Waals surface area contributed by atoms with Gasteiger partial charge in [0.05, 0.1) is 29.6 Å². The molecule has 0 N–H and O–H groups in total. The van der Waals surface area contributed by atoms with Crippen LogP contribution in [0, 0.1) is 0 Å². The van der Waals surface area contributed by atoms with Crippen LogP contribution in [0.5, 0.6) is 5.75 Å². The van der Waals surface area contributed by atoms with Crippen LogP contribution < -0.4 is 4.74 Å². The molecule has 1 heterocycles. The van der Waals surface area contributed by atoms with Gasteiger partial charge in [0.15, 0.2) is 0 Å². The zero-order valence-corrected chi connectivity index (χ0v) is 17.3. The van der Waals surface area contributed by atoms with Crippen LogP contribution in [0.15, 0.2) is 36.4 Å². The summed E-state index contributed by atoms with van der Waals surface area (Å²) in [7, 11) is 5.74. The zero-order chi connectivity index (χ0) is 19.6. The SMILES string of the molecule is COc1cccc2c1CCN(C(=O)Cc1ccc(Cl)c(Cl)c1)C2CN(C)C. The van der Waals surface area contributed by atoms with Crippen molar-refractivity contribution in [1.82, 2.24) is 9.80 Å². The second-order valence-corrected chi connectivity index (χ2v) is 7.88. The van der Waals surface area contributed by atoms with E-state index >= 15 is 0 Å². The third kappa shape index (κ3) is 4.40. The lowest BCUT2D eigenvalue weighted by Crippen LogP contribution is -2.44. The first-order chi connectivity index (χ1) is 12.9. The van der Waals surface area contributed by atoms with Crippen molar-refractivity contribution in [2.45, 2.75) is 18.9 Å². The predicted molar refractivity (Wildman–Crippen MR) is 110 cm³/mol. The molecule has 1 aliphatic heterocycles. The zero-order valence-electron chi connectivity index (χ0n) is 15.8. The smallest absolute Gasteiger partial charge is 0.227 e. The third-order valence-electron chi connectivity index (χ3n) is 4.92. The molecule has 27 heavy (non-hydrogen) atoms. The highest BCUT2D eigenvalue weighted by atomic mass is 35.5. The Labute approximate surface area is 170 Å². The number of fused-ring (bicyclic) bond motifs is 1. The molecule has 0 aliphatic carbocycles. The number of methoxy groups -OCH3 is 1. The second kappa shape index (κ2) is 8.51. The highest BCUT2D eigenvalue weighted by Crippen LogP contribution is 2.35. The summed E-state index contributed by atoms with van der Waals surface area (Å²) in [5.41, 5.74) is 3.23. The average Bonchev–Trinajstić information content (AvgIpc) is 2.64. The molecule has 1 amide bonds. The number of rotatable bonds is 5. The lowest BCUT2D eigenvalue weighted by atomic mass is 9.91. The molecule has 3 rings (SSSR count). The normalized spacial score (nSPS) is 16.4. The van der Waals surface area contributed by atoms with Gasteiger partial charge < -0.3 is 14.5 Å². The van der Waals surface area contributed by atoms with E-state index in [2.05, 4.69) is 11.0 Å². The first-order valence-electron chi connectivity index (χ1n) is 8.94. The molecule has 1 aliphatic rings. The van der Waals surface area contributed by atoms with E-state index in [9.17, 15) is 4.79 Å². The van der Waals surface area contributed by atoms with Gasteiger partial charge >= 0.3 is 0 Å². The minimum Gasteiger partial charge on any atom is -0.496 e. The molecule has 6 heteroatoms. The summed E-state index contributed by atoms with van der Waals surface area (Å²) < 4.78 is 5.54. The third-order valence-corrected chi connectivity index (χ3v) is 5.66. The van der Waals surface area contributed by atoms with Crippen LogP contribution in [-0.4, -0.2) is 50.0 Å². The number of likely N-dealkylation sites (N-methyl/N-ethyl adjacent to an activating group) is 1. The van der Waals surface area contributed by atoms with Gasteiger partial charge in [-0.15, -0.1) is 0 Å². The summed E-state index contributed by atoms with van der Waals surface area (Å²) >= 11 is 12.1. The van der Waals surface area contributed by atoms with Crippen LogP contribution in [-0.2, 0) is 17.6 Å². The van der Waals surface area contributed by atoms with Gasteiger partial charge in [0.2, 0.25) is 5.91 Å². The number of nitrogens with zero attached hydrogens (tertiary/aromatic N) is 2. The Balaban J connectivity index is 1.88. The highest BCUT2D eigenvalue weighted by molar-refractivity contribution is 6.42. The summed E-state index contributed by atoms with van der Waals surface area (Å²) in [5, 5.41) is 0.970. The first-order valence-corrected chi connectivity index (χ1v) is 9.70. The van der Waals surface area contributed by atoms with Crippen molar-refractivity contribution >= 4 is 29.1 Å². The molecule has 2 aromatic rings. The van der Waals surface area contributed by atoms with Gasteiger partial charge in [0.25, 0.3) is 0 Å². The number of benzene rings is 2. The molecule has 0 aromatic heterocycles. The fourth-order valence-corrected chi connectivity index (χ4v) is 4.00. The van der Waals surface area contributed by atoms with E-state index < -0.39 is 0 Å². The van der Waals surface area contributed by atoms with Gasteiger partial charge in [-0.3, -0.25) is 4.79 Å². The number of carbonyl (C=O) groups excluding carboxylic acids is 1. The molecule has 144 valence electrons. The van der Waals surface area contributed by atoms with E-state index in [1.54, 1.807) is 19.2 Å². The largest absolute Gasteiger partial charge is 0.496 e. The number of carbonyl (C=O) groups is 1. The molecular weight excluding hydrogens is 383 g/mol. The van der Waals surface area contributed by atoms with E-state index in [0.29, 0.717) is 23.0 Å². The molecular formula is C21H24Cl2N2O2. The van der Waals surface area contributed by atoms with Crippen LogP contribution in [0.1, 0.15) is 22.7 Å². The molecule has 1 unspecified atom stereocenters. The molecule has 0 fully saturated rings. The molecule has 0 spiro atoms. The van der Waals surface area contributed by atoms with Crippen molar-refractivity contribution in [3.63, 3.8) is 0 Å². The molecule has 4 nitrogen and oxygen atoms in total. The van der Waals surface area contributed by atoms with E-state index in [1.807, 2.05) is 37.2 Å². The maximum Gasteiger partial charge on any atom is 0.227 e. The summed E-state index contributed by atoms with van der Waals surface area (Å²) in [6.07, 6.45) is 1.09. The van der Waals surface area contributed by atoms with E-state index in [-0.39, 0.29) is 11.9 Å². The average molecular weight is 407 g/mol. The fraction of sp³-hybridized carbons (Fsp3) is 0.381. The monoisotopic (exact) mass is 406 g/mol. The number of hydrogen-bond donors (Lipinski definition) is 0. The quantitative estimate of drug-likeness (QED) is 0.744. The van der Waals surface area contributed by atoms with Crippen molar-refractivity contribution in [3.8, 4) is 5.75 Å². The Morgan fingerprint density at radius 1 is 1.22 bits per heavy atom. The van der Waals surface area contributed by atoms with Gasteiger partial charge in [0.1, 0.15) is 5.75 Å². The maximum absolute atomic E-state index is 13.1. The minimum absolute atomic E-state index is 0.00544. The van der Waals surface area contributed by atoms with Crippen molar-refractivity contribution in [2.75, 3.05) is 34.3 Å². The highest BCUT2D eigenvalue weighted by Gasteiger charge is 2.32. The maximum atomic E-state index is 13.1. The Kier molecular flexibility index (Phi) is 6.30. The molecule has 0 saturated carbocycles. The number of hydrogen-bond acceptors (Lipinski definition) is 3. The Hall–Kier alpha value is -1.75. The minimum atomic E-state index is -0.00544. The standard InChI is InChI=1S/C21H24Cl2N2O2/c1-24(2)13-19-15-5-4-6-20(27-3)16(15)9-10-25(19)21(26)12-14-7-8-17(22)18(23)11-14/h4-8,11,19H,9-10,12-13H2,1-3H3. The van der Waals surface area contributed by atoms with Gasteiger partial charge in [0, 0.05) is 18.7 Å². The Morgan fingerprint density at radius 3 is 2.67 bits per heavy atom. The van der Waals surface area contributed by atoms with Gasteiger partial charge in [-0.25, -0.2) is 0 Å². The predicted octanol–water partition coefficient (Wildman–Crippen LogP) is 4.23. The van der Waals surface area contributed by atoms with E-state index in [1.165, 1.54) is 5.56 Å². The van der Waals surface area contributed by atoms with Gasteiger partial charge in [-0.1, -0.05) is 41.4 Å². The molecule has 0 radical (unpaired) electrons. The molecule has 0 saturated heterocycles. The van der Waals surface area contributed by atoms with Crippen LogP contribution in [0.4, 0.5) is 0 Å². The number of ether oxygens (including phenoxy) is 1. The fourth-order valence-electron chi connectivity index (χ4n) is 3.68. The van der Waals surface area contributed by atoms with Gasteiger partial charge in [-0.05, 0) is 49.8 Å². The Bertz CT molecular complexity index is 839. The van der Waals surface area contributed by atoms with Crippen molar-refractivity contribution in [2.24, 2.45) is 0 Å². The lowest BCUT2D eigenvalue weighted by molar-refractivity contribution is -0.133. The topological polar surface area (TPSA) is 32.8 Å². The number of amides is 1. The molecule has 0 bridgehead atoms. The van der Waals surface area contributed by atoms with E-state index in [4.69, 9.17) is 27.9 Å². The van der Waals surface area contributed by atoms with Crippen molar-refractivity contribution in [1.29, 1.82) is 0 Å².